The molecule has 0 heterocycles. The molecule has 0 bridgehead atoms. The molecule has 4 aromatic rings. The van der Waals surface area contributed by atoms with E-state index in [4.69, 9.17) is 17.0 Å². The number of rotatable bonds is 7. The quantitative estimate of drug-likeness (QED) is 0.189. The van der Waals surface area contributed by atoms with Gasteiger partial charge < -0.3 is 10.1 Å². The summed E-state index contributed by atoms with van der Waals surface area (Å²) in [5.41, 5.74) is 2.92. The molecule has 0 unspecified atom stereocenters. The number of thiocarbonyl (C=S) groups is 1. The minimum Gasteiger partial charge on any atom is -0.483 e. The molecular weight excluding hydrogens is 654 g/mol. The van der Waals surface area contributed by atoms with Gasteiger partial charge in [0, 0.05) is 10.2 Å². The van der Waals surface area contributed by atoms with Crippen LogP contribution in [0.5, 0.6) is 5.75 Å². The summed E-state index contributed by atoms with van der Waals surface area (Å²) in [7, 11) is -3.77. The SMILES string of the molecule is Cc1ccc(NS(=O)(=O)c2ccc(NC(=S)NC(=O)COc3ccc4cc(Br)ccc4c3Br)cc2)c(C)c1. The first kappa shape index (κ1) is 28.0. The average molecular weight is 677 g/mol. The lowest BCUT2D eigenvalue weighted by Crippen LogP contribution is -2.37. The third-order valence-electron chi connectivity index (χ3n) is 5.54. The molecule has 0 spiro atoms. The molecule has 0 aliphatic heterocycles. The molecule has 0 atom stereocenters. The molecule has 0 fully saturated rings. The summed E-state index contributed by atoms with van der Waals surface area (Å²) in [6.07, 6.45) is 0. The number of nitrogens with one attached hydrogen (secondary N) is 3. The first-order valence-electron chi connectivity index (χ1n) is 11.3. The van der Waals surface area contributed by atoms with Crippen LogP contribution in [0.2, 0.25) is 0 Å². The number of hydrogen-bond acceptors (Lipinski definition) is 5. The second-order valence-corrected chi connectivity index (χ2v) is 12.3. The van der Waals surface area contributed by atoms with Crippen molar-refractivity contribution in [3.05, 3.63) is 92.9 Å². The molecule has 7 nitrogen and oxygen atoms in total. The highest BCUT2D eigenvalue weighted by Crippen LogP contribution is 2.34. The summed E-state index contributed by atoms with van der Waals surface area (Å²) in [5, 5.41) is 7.46. The second-order valence-electron chi connectivity index (χ2n) is 8.48. The Morgan fingerprint density at radius 3 is 2.39 bits per heavy atom. The van der Waals surface area contributed by atoms with Gasteiger partial charge in [-0.25, -0.2) is 8.42 Å². The van der Waals surface area contributed by atoms with Crippen molar-refractivity contribution < 1.29 is 17.9 Å². The standard InChI is InChI=1S/C27H23Br2N3O4S2/c1-16-3-11-23(17(2)13-16)32-38(34,35)21-8-6-20(7-9-21)30-27(37)31-25(33)15-36-24-12-4-18-14-19(28)5-10-22(18)26(24)29/h3-14,32H,15H2,1-2H3,(H2,30,31,33,37). The topological polar surface area (TPSA) is 96.5 Å². The van der Waals surface area contributed by atoms with Crippen LogP contribution in [-0.4, -0.2) is 26.0 Å². The number of amides is 1. The summed E-state index contributed by atoms with van der Waals surface area (Å²) in [6, 6.07) is 21.1. The fourth-order valence-corrected chi connectivity index (χ4v) is 6.02. The van der Waals surface area contributed by atoms with Gasteiger partial charge in [-0.3, -0.25) is 14.8 Å². The van der Waals surface area contributed by atoms with E-state index in [9.17, 15) is 13.2 Å². The van der Waals surface area contributed by atoms with Crippen LogP contribution in [0.15, 0.2) is 86.6 Å². The summed E-state index contributed by atoms with van der Waals surface area (Å²) < 4.78 is 35.6. The largest absolute Gasteiger partial charge is 0.483 e. The number of aryl methyl sites for hydroxylation is 2. The zero-order valence-electron chi connectivity index (χ0n) is 20.3. The van der Waals surface area contributed by atoms with E-state index in [0.717, 1.165) is 30.8 Å². The number of hydrogen-bond donors (Lipinski definition) is 3. The lowest BCUT2D eigenvalue weighted by Gasteiger charge is -2.13. The van der Waals surface area contributed by atoms with Gasteiger partial charge in [-0.1, -0.05) is 45.8 Å². The van der Waals surface area contributed by atoms with Crippen molar-refractivity contribution in [3.63, 3.8) is 0 Å². The molecule has 38 heavy (non-hydrogen) atoms. The number of ether oxygens (including phenoxy) is 1. The zero-order chi connectivity index (χ0) is 27.4. The average Bonchev–Trinajstić information content (AvgIpc) is 2.85. The number of benzene rings is 4. The van der Waals surface area contributed by atoms with E-state index < -0.39 is 15.9 Å². The maximum atomic E-state index is 12.8. The molecular formula is C27H23Br2N3O4S2. The highest BCUT2D eigenvalue weighted by atomic mass is 79.9. The van der Waals surface area contributed by atoms with Gasteiger partial charge in [0.2, 0.25) is 0 Å². The van der Waals surface area contributed by atoms with E-state index in [1.165, 1.54) is 12.1 Å². The smallest absolute Gasteiger partial charge is 0.264 e. The number of carbonyl (C=O) groups is 1. The Labute approximate surface area is 243 Å². The van der Waals surface area contributed by atoms with Crippen molar-refractivity contribution in [2.24, 2.45) is 0 Å². The zero-order valence-corrected chi connectivity index (χ0v) is 25.1. The van der Waals surface area contributed by atoms with Gasteiger partial charge in [-0.05, 0) is 107 Å². The monoisotopic (exact) mass is 675 g/mol. The van der Waals surface area contributed by atoms with Crippen LogP contribution in [0.4, 0.5) is 11.4 Å². The Morgan fingerprint density at radius 1 is 0.947 bits per heavy atom. The molecule has 0 saturated carbocycles. The van der Waals surface area contributed by atoms with Crippen LogP contribution in [0.1, 0.15) is 11.1 Å². The van der Waals surface area contributed by atoms with Gasteiger partial charge in [0.25, 0.3) is 15.9 Å². The van der Waals surface area contributed by atoms with Crippen LogP contribution in [0, 0.1) is 13.8 Å². The van der Waals surface area contributed by atoms with Crippen molar-refractivity contribution in [1.82, 2.24) is 5.32 Å². The van der Waals surface area contributed by atoms with E-state index in [-0.39, 0.29) is 16.6 Å². The van der Waals surface area contributed by atoms with Crippen molar-refractivity contribution in [3.8, 4) is 5.75 Å². The molecule has 0 saturated heterocycles. The van der Waals surface area contributed by atoms with Crippen LogP contribution < -0.4 is 20.1 Å². The van der Waals surface area contributed by atoms with Gasteiger partial charge in [0.1, 0.15) is 5.75 Å². The highest BCUT2D eigenvalue weighted by Gasteiger charge is 2.16. The predicted molar refractivity (Wildman–Crippen MR) is 162 cm³/mol. The second kappa shape index (κ2) is 11.8. The predicted octanol–water partition coefficient (Wildman–Crippen LogP) is 6.67. The van der Waals surface area contributed by atoms with Gasteiger partial charge in [0.15, 0.2) is 11.7 Å². The fraction of sp³-hybridized carbons (Fsp3) is 0.111. The Hall–Kier alpha value is -2.99. The first-order chi connectivity index (χ1) is 18.0. The molecule has 196 valence electrons. The van der Waals surface area contributed by atoms with Crippen molar-refractivity contribution in [2.45, 2.75) is 18.7 Å². The Balaban J connectivity index is 1.32. The first-order valence-corrected chi connectivity index (χ1v) is 14.8. The summed E-state index contributed by atoms with van der Waals surface area (Å²) in [5.74, 6) is 0.0854. The maximum Gasteiger partial charge on any atom is 0.264 e. The van der Waals surface area contributed by atoms with Crippen LogP contribution >= 0.6 is 44.1 Å². The molecule has 3 N–H and O–H groups in total. The molecule has 11 heteroatoms. The maximum absolute atomic E-state index is 12.8. The molecule has 4 rings (SSSR count). The summed E-state index contributed by atoms with van der Waals surface area (Å²) >= 11 is 12.2. The Morgan fingerprint density at radius 2 is 1.68 bits per heavy atom. The van der Waals surface area contributed by atoms with E-state index in [0.29, 0.717) is 17.1 Å². The van der Waals surface area contributed by atoms with Crippen molar-refractivity contribution >= 4 is 87.3 Å². The molecule has 0 radical (unpaired) electrons. The molecule has 0 aromatic heterocycles. The van der Waals surface area contributed by atoms with Gasteiger partial charge in [0.05, 0.1) is 15.1 Å². The van der Waals surface area contributed by atoms with Crippen molar-refractivity contribution in [2.75, 3.05) is 16.6 Å². The lowest BCUT2D eigenvalue weighted by atomic mass is 10.1. The van der Waals surface area contributed by atoms with E-state index in [1.54, 1.807) is 24.3 Å². The van der Waals surface area contributed by atoms with Crippen molar-refractivity contribution in [1.29, 1.82) is 0 Å². The lowest BCUT2D eigenvalue weighted by molar-refractivity contribution is -0.121. The molecule has 4 aromatic carbocycles. The van der Waals surface area contributed by atoms with Gasteiger partial charge in [-0.2, -0.15) is 0 Å². The van der Waals surface area contributed by atoms with Crippen LogP contribution in [0.3, 0.4) is 0 Å². The number of anilines is 2. The molecule has 1 amide bonds. The van der Waals surface area contributed by atoms with E-state index in [2.05, 4.69) is 47.2 Å². The highest BCUT2D eigenvalue weighted by molar-refractivity contribution is 9.11. The fourth-order valence-electron chi connectivity index (χ4n) is 3.67. The normalized spacial score (nSPS) is 11.2. The number of fused-ring (bicyclic) bond motifs is 1. The van der Waals surface area contributed by atoms with Gasteiger partial charge >= 0.3 is 0 Å². The Bertz CT molecular complexity index is 1640. The summed E-state index contributed by atoms with van der Waals surface area (Å²) in [4.78, 5) is 12.5. The number of halogens is 2. The molecule has 0 aliphatic carbocycles. The minimum atomic E-state index is -3.77. The van der Waals surface area contributed by atoms with Gasteiger partial charge in [-0.15, -0.1) is 0 Å². The third kappa shape index (κ3) is 6.90. The summed E-state index contributed by atoms with van der Waals surface area (Å²) in [6.45, 7) is 3.54. The van der Waals surface area contributed by atoms with E-state index >= 15 is 0 Å². The number of sulfonamides is 1. The van der Waals surface area contributed by atoms with Crippen LogP contribution in [-0.2, 0) is 14.8 Å². The van der Waals surface area contributed by atoms with E-state index in [1.807, 2.05) is 50.2 Å². The minimum absolute atomic E-state index is 0.0602. The Kier molecular flexibility index (Phi) is 8.71. The third-order valence-corrected chi connectivity index (χ3v) is 8.44. The number of carbonyl (C=O) groups excluding carboxylic acids is 1. The molecule has 0 aliphatic rings. The van der Waals surface area contributed by atoms with Crippen LogP contribution in [0.25, 0.3) is 10.8 Å².